The molecule has 2 N–H and O–H groups in total. The molecule has 0 aliphatic heterocycles. The molecule has 0 bridgehead atoms. The Hall–Kier alpha value is -1.15. The third-order valence-electron chi connectivity index (χ3n) is 8.31. The Kier molecular flexibility index (Phi) is 3.75. The molecule has 4 heteroatoms. The van der Waals surface area contributed by atoms with Gasteiger partial charge < -0.3 is 5.11 Å². The van der Waals surface area contributed by atoms with Crippen LogP contribution in [0.4, 0.5) is 0 Å². The number of terminal acetylenes is 1. The summed E-state index contributed by atoms with van der Waals surface area (Å²) < 4.78 is 0. The molecule has 0 spiro atoms. The van der Waals surface area contributed by atoms with Gasteiger partial charge in [-0.25, -0.2) is 4.89 Å². The van der Waals surface area contributed by atoms with Crippen molar-refractivity contribution in [2.24, 2.45) is 29.1 Å². The van der Waals surface area contributed by atoms with Crippen LogP contribution in [-0.4, -0.2) is 27.3 Å². The molecule has 136 valence electrons. The smallest absolute Gasteiger partial charge is 0.155 e. The highest BCUT2D eigenvalue weighted by molar-refractivity contribution is 5.92. The molecule has 0 aromatic carbocycles. The average molecular weight is 344 g/mol. The predicted molar refractivity (Wildman–Crippen MR) is 93.4 cm³/mol. The Morgan fingerprint density at radius 1 is 1.28 bits per heavy atom. The predicted octanol–water partition coefficient (Wildman–Crippen LogP) is 3.35. The second kappa shape index (κ2) is 5.42. The Morgan fingerprint density at radius 3 is 2.68 bits per heavy atom. The lowest BCUT2D eigenvalue weighted by Crippen LogP contribution is -2.60. The van der Waals surface area contributed by atoms with E-state index in [0.717, 1.165) is 31.3 Å². The Bertz CT molecular complexity index is 676. The molecule has 3 saturated carbocycles. The average Bonchev–Trinajstić information content (AvgIpc) is 2.87. The number of aliphatic hydroxyl groups is 1. The summed E-state index contributed by atoms with van der Waals surface area (Å²) in [5.41, 5.74) is -1.06. The number of rotatable bonds is 1. The zero-order valence-corrected chi connectivity index (χ0v) is 15.1. The maximum atomic E-state index is 11.9. The first-order valence-corrected chi connectivity index (χ1v) is 9.58. The van der Waals surface area contributed by atoms with Gasteiger partial charge in [-0.05, 0) is 73.8 Å². The molecule has 0 aromatic heterocycles. The van der Waals surface area contributed by atoms with Gasteiger partial charge >= 0.3 is 0 Å². The molecule has 0 aromatic rings. The lowest BCUT2D eigenvalue weighted by atomic mass is 9.47. The molecule has 4 aliphatic rings. The maximum absolute atomic E-state index is 11.9. The second-order valence-electron chi connectivity index (χ2n) is 9.09. The quantitative estimate of drug-likeness (QED) is 0.435. The monoisotopic (exact) mass is 344 g/mol. The van der Waals surface area contributed by atoms with Crippen molar-refractivity contribution < 1.29 is 20.0 Å². The minimum absolute atomic E-state index is 0.136. The van der Waals surface area contributed by atoms with E-state index in [1.165, 1.54) is 0 Å². The number of carbonyl (C=O) groups excluding carboxylic acids is 1. The van der Waals surface area contributed by atoms with Crippen LogP contribution in [0.3, 0.4) is 0 Å². The summed E-state index contributed by atoms with van der Waals surface area (Å²) in [6, 6.07) is 0. The van der Waals surface area contributed by atoms with Crippen molar-refractivity contribution in [3.05, 3.63) is 11.6 Å². The van der Waals surface area contributed by atoms with Gasteiger partial charge in [0.25, 0.3) is 0 Å². The summed E-state index contributed by atoms with van der Waals surface area (Å²) in [5.74, 6) is 4.07. The van der Waals surface area contributed by atoms with Crippen molar-refractivity contribution in [3.63, 3.8) is 0 Å². The zero-order chi connectivity index (χ0) is 18.0. The normalized spacial score (nSPS) is 51.8. The first-order valence-electron chi connectivity index (χ1n) is 9.58. The molecule has 4 nitrogen and oxygen atoms in total. The molecule has 0 heterocycles. The van der Waals surface area contributed by atoms with Gasteiger partial charge in [0.15, 0.2) is 5.78 Å². The fourth-order valence-corrected chi connectivity index (χ4v) is 6.96. The number of carbonyl (C=O) groups is 1. The molecular weight excluding hydrogens is 316 g/mol. The van der Waals surface area contributed by atoms with Gasteiger partial charge in [0.1, 0.15) is 11.2 Å². The fraction of sp³-hybridized carbons (Fsp3) is 0.762. The summed E-state index contributed by atoms with van der Waals surface area (Å²) in [6.07, 6.45) is 12.5. The van der Waals surface area contributed by atoms with E-state index in [4.69, 9.17) is 11.3 Å². The van der Waals surface area contributed by atoms with Crippen LogP contribution in [0.1, 0.15) is 58.8 Å². The van der Waals surface area contributed by atoms with Crippen molar-refractivity contribution in [2.75, 3.05) is 0 Å². The van der Waals surface area contributed by atoms with Crippen molar-refractivity contribution in [2.45, 2.75) is 70.0 Å². The van der Waals surface area contributed by atoms with Crippen LogP contribution in [0, 0.1) is 41.4 Å². The van der Waals surface area contributed by atoms with Crippen molar-refractivity contribution in [1.82, 2.24) is 0 Å². The van der Waals surface area contributed by atoms with Crippen molar-refractivity contribution >= 4 is 5.78 Å². The van der Waals surface area contributed by atoms with Crippen LogP contribution >= 0.6 is 0 Å². The number of hydrogen-bond donors (Lipinski definition) is 2. The van der Waals surface area contributed by atoms with E-state index < -0.39 is 11.2 Å². The van der Waals surface area contributed by atoms with Crippen LogP contribution < -0.4 is 0 Å². The van der Waals surface area contributed by atoms with E-state index in [9.17, 15) is 15.2 Å². The summed E-state index contributed by atoms with van der Waals surface area (Å²) in [7, 11) is 0. The zero-order valence-electron chi connectivity index (χ0n) is 15.1. The summed E-state index contributed by atoms with van der Waals surface area (Å²) >= 11 is 0. The van der Waals surface area contributed by atoms with Crippen LogP contribution in [-0.2, 0) is 9.68 Å². The van der Waals surface area contributed by atoms with E-state index in [1.54, 1.807) is 6.08 Å². The molecule has 0 amide bonds. The second-order valence-corrected chi connectivity index (χ2v) is 9.09. The highest BCUT2D eigenvalue weighted by atomic mass is 17.1. The van der Waals surface area contributed by atoms with Gasteiger partial charge in [0.2, 0.25) is 0 Å². The molecular formula is C21H28O4. The SMILES string of the molecule is C#C[C@]1(O)CC[C@H]2[C@@H]3[C@H](C)CC4=CC(=O)CCC4(OO)[C@H]3CC[C@@]21C. The lowest BCUT2D eigenvalue weighted by molar-refractivity contribution is -0.344. The molecule has 4 aliphatic carbocycles. The van der Waals surface area contributed by atoms with Crippen LogP contribution in [0.25, 0.3) is 0 Å². The molecule has 1 unspecified atom stereocenters. The molecule has 0 radical (unpaired) electrons. The minimum atomic E-state index is -1.03. The fourth-order valence-electron chi connectivity index (χ4n) is 6.96. The summed E-state index contributed by atoms with van der Waals surface area (Å²) in [4.78, 5) is 17.1. The van der Waals surface area contributed by atoms with Gasteiger partial charge in [-0.15, -0.1) is 6.42 Å². The Balaban J connectivity index is 1.77. The van der Waals surface area contributed by atoms with Crippen molar-refractivity contribution in [3.8, 4) is 12.3 Å². The van der Waals surface area contributed by atoms with E-state index in [1.807, 2.05) is 0 Å². The van der Waals surface area contributed by atoms with E-state index in [2.05, 4.69) is 19.8 Å². The van der Waals surface area contributed by atoms with E-state index in [-0.39, 0.29) is 17.1 Å². The number of ketones is 1. The van der Waals surface area contributed by atoms with Crippen LogP contribution in [0.5, 0.6) is 0 Å². The maximum Gasteiger partial charge on any atom is 0.155 e. The van der Waals surface area contributed by atoms with Gasteiger partial charge in [0.05, 0.1) is 0 Å². The molecule has 25 heavy (non-hydrogen) atoms. The van der Waals surface area contributed by atoms with Gasteiger partial charge in [-0.2, -0.15) is 0 Å². The number of fused-ring (bicyclic) bond motifs is 5. The van der Waals surface area contributed by atoms with Crippen LogP contribution in [0.2, 0.25) is 0 Å². The molecule has 4 rings (SSSR count). The third-order valence-corrected chi connectivity index (χ3v) is 8.31. The Labute approximate surface area is 149 Å². The van der Waals surface area contributed by atoms with E-state index >= 15 is 0 Å². The van der Waals surface area contributed by atoms with E-state index in [0.29, 0.717) is 37.0 Å². The Morgan fingerprint density at radius 2 is 2.00 bits per heavy atom. The largest absolute Gasteiger partial charge is 0.377 e. The molecule has 7 atom stereocenters. The first kappa shape index (κ1) is 17.3. The third kappa shape index (κ3) is 2.04. The standard InChI is InChI=1S/C21H28O4/c1-4-20(23)9-7-16-18-13(2)11-14-12-15(22)5-10-21(14,25-24)17(18)6-8-19(16,20)3/h1,12-13,16-18,23-24H,5-11H2,2-3H3/t13-,16+,17+,18+,19+,20+,21?/m1/s1. The number of hydrogen-bond acceptors (Lipinski definition) is 4. The minimum Gasteiger partial charge on any atom is -0.377 e. The topological polar surface area (TPSA) is 66.8 Å². The van der Waals surface area contributed by atoms with Gasteiger partial charge in [-0.3, -0.25) is 10.1 Å². The summed E-state index contributed by atoms with van der Waals surface area (Å²) in [6.45, 7) is 4.38. The lowest BCUT2D eigenvalue weighted by Gasteiger charge is -2.59. The first-order chi connectivity index (χ1) is 11.8. The molecule has 0 saturated heterocycles. The van der Waals surface area contributed by atoms with Gasteiger partial charge in [0, 0.05) is 11.8 Å². The molecule has 3 fully saturated rings. The van der Waals surface area contributed by atoms with Crippen molar-refractivity contribution in [1.29, 1.82) is 0 Å². The van der Waals surface area contributed by atoms with Crippen LogP contribution in [0.15, 0.2) is 11.6 Å². The highest BCUT2D eigenvalue weighted by Gasteiger charge is 2.66. The summed E-state index contributed by atoms with van der Waals surface area (Å²) in [5, 5.41) is 21.0. The van der Waals surface area contributed by atoms with Gasteiger partial charge in [-0.1, -0.05) is 19.8 Å². The highest BCUT2D eigenvalue weighted by Crippen LogP contribution is 2.67.